The molecule has 0 amide bonds. The van der Waals surface area contributed by atoms with Crippen molar-refractivity contribution in [2.75, 3.05) is 0 Å². The molecule has 4 rings (SSSR count). The molecule has 2 fully saturated rings. The zero-order valence-electron chi connectivity index (χ0n) is 23.9. The van der Waals surface area contributed by atoms with Crippen LogP contribution in [0.2, 0.25) is 0 Å². The number of ketones is 2. The third-order valence-electron chi connectivity index (χ3n) is 9.70. The smallest absolute Gasteiger partial charge is 0.302 e. The maximum absolute atomic E-state index is 13.8. The maximum atomic E-state index is 13.8. The lowest BCUT2D eigenvalue weighted by atomic mass is 9.54. The Balaban J connectivity index is 1.66. The van der Waals surface area contributed by atoms with Crippen LogP contribution < -0.4 is 0 Å². The van der Waals surface area contributed by atoms with E-state index in [2.05, 4.69) is 6.92 Å². The van der Waals surface area contributed by atoms with Crippen LogP contribution in [0, 0.1) is 29.1 Å². The van der Waals surface area contributed by atoms with Gasteiger partial charge in [0, 0.05) is 29.7 Å². The minimum absolute atomic E-state index is 0.0125. The molecule has 8 heteroatoms. The van der Waals surface area contributed by atoms with Crippen LogP contribution in [0.4, 0.5) is 0 Å². The first-order chi connectivity index (χ1) is 17.6. The zero-order chi connectivity index (χ0) is 28.3. The molecule has 2 aliphatic carbocycles. The standard InChI is InChI=1S/C30H44O8/c1-9-14(2)26(36-17(5)31)16(4)18-13-19(32)22-25(34)23-27(38-28(22)24(18)33)15(3)12-21-30(23,8)11-10-20(37-21)29(6,7)35/h13-16,20-21,23,25-27,34-35H,9-12H2,1-8H3/t14-,15-,16-,20+,21+,23?,25?,26+,27?,30-/m0/s1. The predicted octanol–water partition coefficient (Wildman–Crippen LogP) is 3.67. The van der Waals surface area contributed by atoms with Crippen molar-refractivity contribution in [1.29, 1.82) is 0 Å². The number of rotatable bonds is 6. The molecule has 0 aromatic heterocycles. The number of aliphatic hydroxyl groups is 2. The van der Waals surface area contributed by atoms with Crippen LogP contribution in [0.3, 0.4) is 0 Å². The van der Waals surface area contributed by atoms with E-state index >= 15 is 0 Å². The number of fused-ring (bicyclic) bond motifs is 3. The normalized spacial score (nSPS) is 37.7. The lowest BCUT2D eigenvalue weighted by Crippen LogP contribution is -2.64. The molecule has 212 valence electrons. The minimum Gasteiger partial charge on any atom is -0.485 e. The van der Waals surface area contributed by atoms with Crippen LogP contribution in [-0.4, -0.2) is 63.9 Å². The van der Waals surface area contributed by atoms with Crippen molar-refractivity contribution in [1.82, 2.24) is 0 Å². The van der Waals surface area contributed by atoms with Crippen LogP contribution >= 0.6 is 0 Å². The Morgan fingerprint density at radius 3 is 2.53 bits per heavy atom. The molecular weight excluding hydrogens is 488 g/mol. The first-order valence-electron chi connectivity index (χ1n) is 14.1. The van der Waals surface area contributed by atoms with E-state index in [1.807, 2.05) is 20.8 Å². The molecule has 2 heterocycles. The molecule has 38 heavy (non-hydrogen) atoms. The number of allylic oxidation sites excluding steroid dienone is 2. The lowest BCUT2D eigenvalue weighted by molar-refractivity contribution is -0.249. The summed E-state index contributed by atoms with van der Waals surface area (Å²) in [5.41, 5.74) is -1.22. The molecule has 2 aliphatic heterocycles. The van der Waals surface area contributed by atoms with Gasteiger partial charge in [-0.15, -0.1) is 0 Å². The highest BCUT2D eigenvalue weighted by Gasteiger charge is 2.61. The second-order valence-corrected chi connectivity index (χ2v) is 12.9. The Kier molecular flexibility index (Phi) is 7.76. The van der Waals surface area contributed by atoms with E-state index in [9.17, 15) is 24.6 Å². The van der Waals surface area contributed by atoms with Gasteiger partial charge >= 0.3 is 5.97 Å². The molecule has 2 N–H and O–H groups in total. The van der Waals surface area contributed by atoms with Crippen LogP contribution in [0.15, 0.2) is 23.0 Å². The number of carbonyl (C=O) groups is 3. The van der Waals surface area contributed by atoms with E-state index in [0.717, 1.165) is 6.42 Å². The SMILES string of the molecule is CC[C@H](C)[C@@H](OC(C)=O)[C@@H](C)C1=CC(=O)C2=C(OC3C(C2O)[C@@]2(C)CC[C@H](C(C)(C)O)O[C@@H]2C[C@@H]3C)C1=O. The van der Waals surface area contributed by atoms with Crippen molar-refractivity contribution in [2.24, 2.45) is 29.1 Å². The van der Waals surface area contributed by atoms with Crippen LogP contribution in [0.5, 0.6) is 0 Å². The Morgan fingerprint density at radius 2 is 1.95 bits per heavy atom. The maximum Gasteiger partial charge on any atom is 0.302 e. The van der Waals surface area contributed by atoms with Gasteiger partial charge in [0.15, 0.2) is 11.5 Å². The summed E-state index contributed by atoms with van der Waals surface area (Å²) in [5, 5.41) is 22.3. The summed E-state index contributed by atoms with van der Waals surface area (Å²) in [5.74, 6) is -2.40. The molecule has 1 saturated heterocycles. The van der Waals surface area contributed by atoms with E-state index in [4.69, 9.17) is 14.2 Å². The molecule has 0 aromatic rings. The van der Waals surface area contributed by atoms with Gasteiger partial charge in [0.2, 0.25) is 5.78 Å². The monoisotopic (exact) mass is 532 g/mol. The van der Waals surface area contributed by atoms with E-state index in [-0.39, 0.29) is 40.9 Å². The minimum atomic E-state index is -1.18. The Bertz CT molecular complexity index is 1050. The fourth-order valence-electron chi connectivity index (χ4n) is 7.19. The highest BCUT2D eigenvalue weighted by Crippen LogP contribution is 2.57. The average molecular weight is 533 g/mol. The summed E-state index contributed by atoms with van der Waals surface area (Å²) in [4.78, 5) is 39.1. The third-order valence-corrected chi connectivity index (χ3v) is 9.70. The van der Waals surface area contributed by atoms with Gasteiger partial charge in [-0.25, -0.2) is 0 Å². The van der Waals surface area contributed by atoms with Gasteiger partial charge in [0.05, 0.1) is 29.5 Å². The van der Waals surface area contributed by atoms with Crippen LogP contribution in [0.1, 0.15) is 81.1 Å². The fourth-order valence-corrected chi connectivity index (χ4v) is 7.19. The van der Waals surface area contributed by atoms with Crippen molar-refractivity contribution in [3.63, 3.8) is 0 Å². The summed E-state index contributed by atoms with van der Waals surface area (Å²) in [6.45, 7) is 14.6. The molecule has 0 spiro atoms. The first kappa shape index (κ1) is 29.0. The average Bonchev–Trinajstić information content (AvgIpc) is 2.83. The number of carbonyl (C=O) groups excluding carboxylic acids is 3. The second-order valence-electron chi connectivity index (χ2n) is 12.9. The van der Waals surface area contributed by atoms with Gasteiger partial charge < -0.3 is 24.4 Å². The van der Waals surface area contributed by atoms with Gasteiger partial charge in [-0.3, -0.25) is 14.4 Å². The van der Waals surface area contributed by atoms with Crippen LogP contribution in [0.25, 0.3) is 0 Å². The molecule has 8 nitrogen and oxygen atoms in total. The summed E-state index contributed by atoms with van der Waals surface area (Å²) in [7, 11) is 0. The number of hydrogen-bond acceptors (Lipinski definition) is 8. The van der Waals surface area contributed by atoms with Gasteiger partial charge in [-0.2, -0.15) is 0 Å². The quantitative estimate of drug-likeness (QED) is 0.393. The summed E-state index contributed by atoms with van der Waals surface area (Å²) in [6, 6.07) is 0. The third kappa shape index (κ3) is 4.77. The number of Topliss-reactive ketones (excluding diaryl/α,β-unsaturated/α-hetero) is 1. The predicted molar refractivity (Wildman–Crippen MR) is 140 cm³/mol. The van der Waals surface area contributed by atoms with E-state index in [1.54, 1.807) is 20.8 Å². The number of hydrogen-bond donors (Lipinski definition) is 2. The van der Waals surface area contributed by atoms with Gasteiger partial charge in [-0.1, -0.05) is 41.0 Å². The summed E-state index contributed by atoms with van der Waals surface area (Å²) >= 11 is 0. The zero-order valence-corrected chi connectivity index (χ0v) is 23.9. The Hall–Kier alpha value is -2.03. The number of aliphatic hydroxyl groups excluding tert-OH is 1. The highest BCUT2D eigenvalue weighted by molar-refractivity contribution is 6.22. The molecule has 0 bridgehead atoms. The number of ether oxygens (including phenoxy) is 3. The summed E-state index contributed by atoms with van der Waals surface area (Å²) in [6.07, 6.45) is 1.26. The van der Waals surface area contributed by atoms with Crippen molar-refractivity contribution in [3.8, 4) is 0 Å². The Labute approximate surface area is 225 Å². The van der Waals surface area contributed by atoms with Crippen molar-refractivity contribution in [3.05, 3.63) is 23.0 Å². The van der Waals surface area contributed by atoms with E-state index < -0.39 is 58.7 Å². The van der Waals surface area contributed by atoms with Crippen molar-refractivity contribution < 1.29 is 38.8 Å². The lowest BCUT2D eigenvalue weighted by Gasteiger charge is -2.59. The molecule has 0 radical (unpaired) electrons. The van der Waals surface area contributed by atoms with Gasteiger partial charge in [0.1, 0.15) is 12.2 Å². The number of esters is 1. The first-order valence-corrected chi connectivity index (χ1v) is 14.1. The van der Waals surface area contributed by atoms with Gasteiger partial charge in [0.25, 0.3) is 0 Å². The van der Waals surface area contributed by atoms with Crippen molar-refractivity contribution >= 4 is 17.5 Å². The summed E-state index contributed by atoms with van der Waals surface area (Å²) < 4.78 is 18.4. The molecular formula is C30H44O8. The Morgan fingerprint density at radius 1 is 1.29 bits per heavy atom. The van der Waals surface area contributed by atoms with Crippen molar-refractivity contribution in [2.45, 2.75) is 117 Å². The highest BCUT2D eigenvalue weighted by atomic mass is 16.5. The van der Waals surface area contributed by atoms with Gasteiger partial charge in [-0.05, 0) is 51.0 Å². The molecule has 10 atom stereocenters. The topological polar surface area (TPSA) is 119 Å². The molecule has 0 aromatic carbocycles. The van der Waals surface area contributed by atoms with Crippen LogP contribution in [-0.2, 0) is 28.6 Å². The molecule has 4 aliphatic rings. The van der Waals surface area contributed by atoms with E-state index in [0.29, 0.717) is 19.3 Å². The molecule has 3 unspecified atom stereocenters. The second kappa shape index (κ2) is 10.2. The van der Waals surface area contributed by atoms with E-state index in [1.165, 1.54) is 13.0 Å². The largest absolute Gasteiger partial charge is 0.485 e. The molecule has 1 saturated carbocycles. The fraction of sp³-hybridized carbons (Fsp3) is 0.767.